The normalized spacial score (nSPS) is 12.6. The summed E-state index contributed by atoms with van der Waals surface area (Å²) in [5.74, 6) is -2.24. The number of methoxy groups -OCH3 is 1. The lowest BCUT2D eigenvalue weighted by molar-refractivity contribution is -0.493. The molecule has 0 amide bonds. The summed E-state index contributed by atoms with van der Waals surface area (Å²) in [5.41, 5.74) is 6.41. The Morgan fingerprint density at radius 2 is 1.83 bits per heavy atom. The van der Waals surface area contributed by atoms with Crippen LogP contribution >= 0.6 is 11.9 Å². The number of ether oxygens (including phenoxy) is 1. The molecule has 36 heavy (non-hydrogen) atoms. The number of benzene rings is 2. The molecule has 0 spiro atoms. The van der Waals surface area contributed by atoms with E-state index in [9.17, 15) is 22.0 Å². The van der Waals surface area contributed by atoms with Crippen LogP contribution in [0.15, 0.2) is 65.8 Å². The Morgan fingerprint density at radius 3 is 2.50 bits per heavy atom. The van der Waals surface area contributed by atoms with Crippen molar-refractivity contribution in [2.24, 2.45) is 5.73 Å². The van der Waals surface area contributed by atoms with Gasteiger partial charge >= 0.3 is 6.18 Å². The highest BCUT2D eigenvalue weighted by molar-refractivity contribution is 8.00. The van der Waals surface area contributed by atoms with Crippen LogP contribution in [0, 0.1) is 17.5 Å². The predicted octanol–water partition coefficient (Wildman–Crippen LogP) is 4.16. The lowest BCUT2D eigenvalue weighted by Crippen LogP contribution is -2.73. The molecule has 1 aromatic heterocycles. The molecular formula is C24H21F6N4OS+. The standard InChI is InChI=1S/C24H20F6N4OS/c1-35-14-34(36-21-11-16(25)5-6-19(21)26)20-4-2-3-17(22(20)27)23(31)18(12-33-13-24(28,29)30)15-7-9-32-10-8-15/h2-12H,13-14,31H2,1H3/p+1. The van der Waals surface area contributed by atoms with Crippen molar-refractivity contribution >= 4 is 35.1 Å². The lowest BCUT2D eigenvalue weighted by atomic mass is 10.0. The van der Waals surface area contributed by atoms with E-state index in [4.69, 9.17) is 10.5 Å². The van der Waals surface area contributed by atoms with Gasteiger partial charge < -0.3 is 10.5 Å². The first-order valence-corrected chi connectivity index (χ1v) is 11.1. The molecular weight excluding hydrogens is 506 g/mol. The van der Waals surface area contributed by atoms with E-state index in [2.05, 4.69) is 9.98 Å². The first kappa shape index (κ1) is 27.1. The van der Waals surface area contributed by atoms with Crippen LogP contribution in [-0.4, -0.2) is 37.8 Å². The van der Waals surface area contributed by atoms with E-state index in [0.29, 0.717) is 17.5 Å². The van der Waals surface area contributed by atoms with Crippen LogP contribution < -0.4 is 15.0 Å². The van der Waals surface area contributed by atoms with Gasteiger partial charge in [0.2, 0.25) is 6.54 Å². The summed E-state index contributed by atoms with van der Waals surface area (Å²) in [6, 6.07) is 10.1. The summed E-state index contributed by atoms with van der Waals surface area (Å²) in [6.07, 6.45) is -0.604. The van der Waals surface area contributed by atoms with Crippen molar-refractivity contribution in [2.75, 3.05) is 24.7 Å². The summed E-state index contributed by atoms with van der Waals surface area (Å²) in [4.78, 5) is 5.92. The van der Waals surface area contributed by atoms with E-state index in [1.165, 1.54) is 54.1 Å². The maximum atomic E-state index is 15.7. The van der Waals surface area contributed by atoms with E-state index in [1.54, 1.807) is 0 Å². The minimum absolute atomic E-state index is 0.0664. The van der Waals surface area contributed by atoms with Gasteiger partial charge in [-0.2, -0.15) is 13.2 Å². The third-order valence-electron chi connectivity index (χ3n) is 4.72. The first-order chi connectivity index (χ1) is 17.1. The highest BCUT2D eigenvalue weighted by atomic mass is 32.2. The van der Waals surface area contributed by atoms with Crippen molar-refractivity contribution in [3.05, 3.63) is 89.5 Å². The quantitative estimate of drug-likeness (QED) is 0.189. The fourth-order valence-corrected chi connectivity index (χ4v) is 4.07. The Kier molecular flexibility index (Phi) is 8.99. The Balaban J connectivity index is 2.08. The molecule has 0 unspecified atom stereocenters. The van der Waals surface area contributed by atoms with Crippen LogP contribution in [0.25, 0.3) is 11.3 Å². The van der Waals surface area contributed by atoms with Gasteiger partial charge in [0.25, 0.3) is 0 Å². The van der Waals surface area contributed by atoms with E-state index in [0.717, 1.165) is 24.4 Å². The molecule has 1 heterocycles. The highest BCUT2D eigenvalue weighted by Gasteiger charge is 2.30. The van der Waals surface area contributed by atoms with Gasteiger partial charge in [0.05, 0.1) is 21.9 Å². The number of pyridine rings is 1. The predicted molar refractivity (Wildman–Crippen MR) is 126 cm³/mol. The Morgan fingerprint density at radius 1 is 1.11 bits per heavy atom. The average molecular weight is 528 g/mol. The molecule has 0 radical (unpaired) electrons. The summed E-state index contributed by atoms with van der Waals surface area (Å²) < 4.78 is 88.0. The number of allylic oxidation sites excluding steroid dienone is 1. The molecule has 0 saturated heterocycles. The second kappa shape index (κ2) is 12.0. The molecule has 3 rings (SSSR count). The summed E-state index contributed by atoms with van der Waals surface area (Å²) in [5, 5.41) is 0. The third-order valence-corrected chi connectivity index (χ3v) is 5.75. The van der Waals surface area contributed by atoms with Crippen molar-refractivity contribution in [1.29, 1.82) is 0 Å². The number of hydrogen-bond acceptors (Lipinski definition) is 5. The zero-order chi connectivity index (χ0) is 26.3. The minimum atomic E-state index is -4.48. The molecule has 12 heteroatoms. The summed E-state index contributed by atoms with van der Waals surface area (Å²) >= 11 is 0.706. The zero-order valence-electron chi connectivity index (χ0n) is 18.8. The molecule has 0 aliphatic rings. The minimum Gasteiger partial charge on any atom is -0.397 e. The lowest BCUT2D eigenvalue weighted by Gasteiger charge is -2.24. The second-order valence-corrected chi connectivity index (χ2v) is 8.37. The van der Waals surface area contributed by atoms with Crippen LogP contribution in [0.1, 0.15) is 11.1 Å². The van der Waals surface area contributed by atoms with Crippen LogP contribution in [0.4, 0.5) is 32.0 Å². The number of rotatable bonds is 9. The third kappa shape index (κ3) is 7.01. The topological polar surface area (TPSA) is 65.3 Å². The van der Waals surface area contributed by atoms with Gasteiger partial charge in [-0.05, 0) is 60.0 Å². The SMILES string of the molecule is COCN(Sc1cc(F)ccc1F)c1cccc(C(N)=C(C=[NH+]CC(F)(F)F)c2ccncc2)c1F. The smallest absolute Gasteiger partial charge is 0.397 e. The van der Waals surface area contributed by atoms with Crippen molar-refractivity contribution in [3.63, 3.8) is 0 Å². The van der Waals surface area contributed by atoms with Gasteiger partial charge in [0.15, 0.2) is 12.0 Å². The van der Waals surface area contributed by atoms with E-state index in [1.807, 2.05) is 0 Å². The van der Waals surface area contributed by atoms with Crippen LogP contribution in [0.3, 0.4) is 0 Å². The zero-order valence-corrected chi connectivity index (χ0v) is 19.6. The number of halogens is 6. The van der Waals surface area contributed by atoms with Crippen LogP contribution in [-0.2, 0) is 4.74 Å². The maximum absolute atomic E-state index is 15.7. The van der Waals surface area contributed by atoms with Gasteiger partial charge in [-0.15, -0.1) is 0 Å². The number of nitrogens with one attached hydrogen (secondary N) is 1. The Bertz CT molecular complexity index is 1250. The Hall–Kier alpha value is -3.51. The number of hydrogen-bond donors (Lipinski definition) is 2. The molecule has 0 aliphatic heterocycles. The highest BCUT2D eigenvalue weighted by Crippen LogP contribution is 2.35. The van der Waals surface area contributed by atoms with E-state index >= 15 is 4.39 Å². The number of anilines is 1. The number of nitrogens with two attached hydrogens (primary N) is 1. The summed E-state index contributed by atoms with van der Waals surface area (Å²) in [6.45, 7) is -1.53. The molecule has 0 bridgehead atoms. The van der Waals surface area contributed by atoms with Crippen molar-refractivity contribution in [3.8, 4) is 0 Å². The molecule has 0 aliphatic carbocycles. The first-order valence-electron chi connectivity index (χ1n) is 10.3. The van der Waals surface area contributed by atoms with E-state index in [-0.39, 0.29) is 34.1 Å². The average Bonchev–Trinajstić information content (AvgIpc) is 2.83. The molecule has 5 nitrogen and oxygen atoms in total. The molecule has 0 fully saturated rings. The molecule has 0 saturated carbocycles. The van der Waals surface area contributed by atoms with Gasteiger partial charge in [0.1, 0.15) is 18.4 Å². The number of nitrogens with zero attached hydrogens (tertiary/aromatic N) is 2. The Labute approximate surface area is 207 Å². The van der Waals surface area contributed by atoms with Crippen molar-refractivity contribution in [1.82, 2.24) is 4.98 Å². The van der Waals surface area contributed by atoms with Crippen molar-refractivity contribution in [2.45, 2.75) is 11.1 Å². The number of alkyl halides is 3. The van der Waals surface area contributed by atoms with E-state index < -0.39 is 30.2 Å². The molecule has 190 valence electrons. The largest absolute Gasteiger partial charge is 0.448 e. The molecule has 3 N–H and O–H groups in total. The van der Waals surface area contributed by atoms with Crippen LogP contribution in [0.5, 0.6) is 0 Å². The molecule has 2 aromatic carbocycles. The second-order valence-electron chi connectivity index (χ2n) is 7.30. The fourth-order valence-electron chi connectivity index (χ4n) is 3.11. The number of aromatic nitrogens is 1. The van der Waals surface area contributed by atoms with Gasteiger partial charge in [0, 0.05) is 25.1 Å². The van der Waals surface area contributed by atoms with Gasteiger partial charge in [-0.1, -0.05) is 6.07 Å². The maximum Gasteiger partial charge on any atom is 0.448 e. The van der Waals surface area contributed by atoms with Crippen molar-refractivity contribution < 1.29 is 36.1 Å². The fraction of sp³-hybridized carbons (Fsp3) is 0.167. The molecule has 3 aromatic rings. The van der Waals surface area contributed by atoms with Gasteiger partial charge in [-0.25, -0.2) is 18.2 Å². The van der Waals surface area contributed by atoms with Gasteiger partial charge in [-0.3, -0.25) is 9.29 Å². The summed E-state index contributed by atoms with van der Waals surface area (Å²) in [7, 11) is 1.34. The van der Waals surface area contributed by atoms with Crippen LogP contribution in [0.2, 0.25) is 0 Å². The monoisotopic (exact) mass is 527 g/mol. The molecule has 0 atom stereocenters.